The van der Waals surface area contributed by atoms with Gasteiger partial charge in [0, 0.05) is 18.7 Å². The van der Waals surface area contributed by atoms with Crippen LogP contribution in [0.25, 0.3) is 5.69 Å². The van der Waals surface area contributed by atoms with E-state index in [0.29, 0.717) is 30.8 Å². The minimum absolute atomic E-state index is 0.0449. The average molecular weight is 525 g/mol. The number of benzene rings is 3. The van der Waals surface area contributed by atoms with E-state index in [4.69, 9.17) is 33.7 Å². The Hall–Kier alpha value is -4.08. The molecule has 36 heavy (non-hydrogen) atoms. The summed E-state index contributed by atoms with van der Waals surface area (Å²) in [5.74, 6) is -1.75. The molecular weight excluding hydrogens is 507 g/mol. The summed E-state index contributed by atoms with van der Waals surface area (Å²) in [6.45, 7) is 1.12. The predicted octanol–water partition coefficient (Wildman–Crippen LogP) is 4.22. The molecule has 1 aliphatic heterocycles. The fourth-order valence-corrected chi connectivity index (χ4v) is 4.61. The molecule has 0 bridgehead atoms. The number of primary amides is 1. The molecule has 5 rings (SSSR count). The highest BCUT2D eigenvalue weighted by molar-refractivity contribution is 6.37. The minimum Gasteiger partial charge on any atom is -0.454 e. The second kappa shape index (κ2) is 9.52. The fourth-order valence-electron chi connectivity index (χ4n) is 4.06. The summed E-state index contributed by atoms with van der Waals surface area (Å²) < 4.78 is 11.3. The van der Waals surface area contributed by atoms with E-state index in [9.17, 15) is 14.4 Å². The summed E-state index contributed by atoms with van der Waals surface area (Å²) in [6.07, 6.45) is 0.664. The number of hydrogen-bond acceptors (Lipinski definition) is 6. The number of rotatable bonds is 6. The maximum absolute atomic E-state index is 13.0. The number of nitrogens with zero attached hydrogens (tertiary/aromatic N) is 3. The molecule has 1 aliphatic rings. The van der Waals surface area contributed by atoms with Crippen LogP contribution in [0.4, 0.5) is 0 Å². The van der Waals surface area contributed by atoms with E-state index >= 15 is 0 Å². The van der Waals surface area contributed by atoms with Crippen LogP contribution in [0.5, 0.6) is 11.5 Å². The van der Waals surface area contributed by atoms with E-state index in [0.717, 1.165) is 15.7 Å². The van der Waals surface area contributed by atoms with Crippen LogP contribution in [-0.2, 0) is 13.0 Å². The standard InChI is InChI=1S/C25H18Cl2N4O5/c26-19-11-16(31-23(22(28)32)29-36-25(31)34)12-20(27)21(19)35-17-6-7-18-15(10-17)8-9-30(24(18)33)13-14-4-2-1-3-5-14/h1-7,10-12H,8-9,13H2,(H2,28,32). The van der Waals surface area contributed by atoms with E-state index < -0.39 is 17.5 Å². The van der Waals surface area contributed by atoms with Gasteiger partial charge >= 0.3 is 5.76 Å². The zero-order chi connectivity index (χ0) is 25.4. The summed E-state index contributed by atoms with van der Waals surface area (Å²) in [5, 5.41) is 3.52. The van der Waals surface area contributed by atoms with Crippen molar-refractivity contribution in [2.75, 3.05) is 6.54 Å². The van der Waals surface area contributed by atoms with Gasteiger partial charge in [-0.25, -0.2) is 9.36 Å². The summed E-state index contributed by atoms with van der Waals surface area (Å²) in [5.41, 5.74) is 7.91. The maximum Gasteiger partial charge on any atom is 0.446 e. The van der Waals surface area contributed by atoms with E-state index in [1.807, 2.05) is 35.2 Å². The summed E-state index contributed by atoms with van der Waals surface area (Å²) in [6, 6.07) is 17.7. The van der Waals surface area contributed by atoms with Crippen molar-refractivity contribution in [3.8, 4) is 17.2 Å². The van der Waals surface area contributed by atoms with Crippen LogP contribution in [-0.4, -0.2) is 33.0 Å². The highest BCUT2D eigenvalue weighted by Crippen LogP contribution is 2.39. The van der Waals surface area contributed by atoms with Gasteiger partial charge in [-0.15, -0.1) is 0 Å². The van der Waals surface area contributed by atoms with Crippen molar-refractivity contribution < 1.29 is 18.8 Å². The van der Waals surface area contributed by atoms with Crippen LogP contribution in [0.15, 0.2) is 70.0 Å². The van der Waals surface area contributed by atoms with Crippen LogP contribution in [0.3, 0.4) is 0 Å². The first kappa shape index (κ1) is 23.7. The molecule has 11 heteroatoms. The summed E-state index contributed by atoms with van der Waals surface area (Å²) >= 11 is 12.8. The summed E-state index contributed by atoms with van der Waals surface area (Å²) in [7, 11) is 0. The fraction of sp³-hybridized carbons (Fsp3) is 0.120. The lowest BCUT2D eigenvalue weighted by Gasteiger charge is -2.29. The Morgan fingerprint density at radius 2 is 1.78 bits per heavy atom. The number of nitrogens with two attached hydrogens (primary N) is 1. The Labute approximate surface area is 214 Å². The Morgan fingerprint density at radius 3 is 2.47 bits per heavy atom. The highest BCUT2D eigenvalue weighted by Gasteiger charge is 2.25. The molecule has 2 N–H and O–H groups in total. The third-order valence-corrected chi connectivity index (χ3v) is 6.31. The van der Waals surface area contributed by atoms with Gasteiger partial charge in [0.1, 0.15) is 5.75 Å². The highest BCUT2D eigenvalue weighted by atomic mass is 35.5. The van der Waals surface area contributed by atoms with Crippen LogP contribution in [0.1, 0.15) is 32.1 Å². The first-order chi connectivity index (χ1) is 17.3. The zero-order valence-electron chi connectivity index (χ0n) is 18.6. The van der Waals surface area contributed by atoms with Gasteiger partial charge < -0.3 is 15.4 Å². The second-order valence-electron chi connectivity index (χ2n) is 8.09. The number of hydrogen-bond donors (Lipinski definition) is 1. The van der Waals surface area contributed by atoms with Crippen LogP contribution >= 0.6 is 23.2 Å². The molecule has 3 aromatic carbocycles. The van der Waals surface area contributed by atoms with Crippen LogP contribution in [0.2, 0.25) is 10.0 Å². The molecule has 0 fully saturated rings. The third-order valence-electron chi connectivity index (χ3n) is 5.75. The van der Waals surface area contributed by atoms with Crippen molar-refractivity contribution in [1.29, 1.82) is 0 Å². The zero-order valence-corrected chi connectivity index (χ0v) is 20.1. The molecule has 2 heterocycles. The van der Waals surface area contributed by atoms with Crippen molar-refractivity contribution in [3.05, 3.63) is 104 Å². The third kappa shape index (κ3) is 4.46. The molecule has 4 aromatic rings. The Morgan fingerprint density at radius 1 is 1.06 bits per heavy atom. The number of carbonyl (C=O) groups is 2. The smallest absolute Gasteiger partial charge is 0.446 e. The molecular formula is C25H18Cl2N4O5. The van der Waals surface area contributed by atoms with Gasteiger partial charge in [0.15, 0.2) is 5.75 Å². The van der Waals surface area contributed by atoms with Gasteiger partial charge in [-0.05, 0) is 53.0 Å². The Bertz CT molecular complexity index is 1520. The Kier molecular flexibility index (Phi) is 6.26. The van der Waals surface area contributed by atoms with Crippen molar-refractivity contribution in [2.24, 2.45) is 5.73 Å². The summed E-state index contributed by atoms with van der Waals surface area (Å²) in [4.78, 5) is 38.4. The lowest BCUT2D eigenvalue weighted by molar-refractivity contribution is 0.0726. The number of halogens is 2. The van der Waals surface area contributed by atoms with E-state index in [-0.39, 0.29) is 27.4 Å². The molecule has 0 unspecified atom stereocenters. The maximum atomic E-state index is 13.0. The first-order valence-electron chi connectivity index (χ1n) is 10.8. The topological polar surface area (TPSA) is 121 Å². The molecule has 2 amide bonds. The lowest BCUT2D eigenvalue weighted by atomic mass is 9.98. The number of ether oxygens (including phenoxy) is 1. The minimum atomic E-state index is -0.959. The molecule has 1 aromatic heterocycles. The largest absolute Gasteiger partial charge is 0.454 e. The van der Waals surface area contributed by atoms with Crippen molar-refractivity contribution >= 4 is 35.0 Å². The van der Waals surface area contributed by atoms with Crippen LogP contribution in [0, 0.1) is 0 Å². The molecule has 0 saturated heterocycles. The lowest BCUT2D eigenvalue weighted by Crippen LogP contribution is -2.37. The Balaban J connectivity index is 1.39. The van der Waals surface area contributed by atoms with Crippen molar-refractivity contribution in [2.45, 2.75) is 13.0 Å². The number of aromatic nitrogens is 2. The van der Waals surface area contributed by atoms with E-state index in [2.05, 4.69) is 9.68 Å². The van der Waals surface area contributed by atoms with Gasteiger partial charge in [0.25, 0.3) is 11.8 Å². The van der Waals surface area contributed by atoms with Crippen molar-refractivity contribution in [1.82, 2.24) is 14.6 Å². The van der Waals surface area contributed by atoms with Gasteiger partial charge in [-0.3, -0.25) is 14.1 Å². The van der Waals surface area contributed by atoms with E-state index in [1.165, 1.54) is 12.1 Å². The SMILES string of the molecule is NC(=O)c1noc(=O)n1-c1cc(Cl)c(Oc2ccc3c(c2)CCN(Cc2ccccc2)C3=O)c(Cl)c1. The van der Waals surface area contributed by atoms with Crippen molar-refractivity contribution in [3.63, 3.8) is 0 Å². The van der Waals surface area contributed by atoms with Crippen LogP contribution < -0.4 is 16.2 Å². The second-order valence-corrected chi connectivity index (χ2v) is 8.91. The van der Waals surface area contributed by atoms with Gasteiger partial charge in [0.2, 0.25) is 5.82 Å². The molecule has 182 valence electrons. The van der Waals surface area contributed by atoms with Gasteiger partial charge in [-0.2, -0.15) is 0 Å². The normalized spacial score (nSPS) is 12.9. The molecule has 0 aliphatic carbocycles. The van der Waals surface area contributed by atoms with Gasteiger partial charge in [0.05, 0.1) is 15.7 Å². The number of amides is 2. The molecule has 0 radical (unpaired) electrons. The quantitative estimate of drug-likeness (QED) is 0.403. The van der Waals surface area contributed by atoms with E-state index in [1.54, 1.807) is 18.2 Å². The molecule has 0 atom stereocenters. The number of fused-ring (bicyclic) bond motifs is 1. The molecule has 0 spiro atoms. The monoisotopic (exact) mass is 524 g/mol. The predicted molar refractivity (Wildman–Crippen MR) is 132 cm³/mol. The first-order valence-corrected chi connectivity index (χ1v) is 11.6. The average Bonchev–Trinajstić information content (AvgIpc) is 3.25. The number of carbonyl (C=O) groups excluding carboxylic acids is 2. The van der Waals surface area contributed by atoms with Gasteiger partial charge in [-0.1, -0.05) is 53.5 Å². The molecule has 0 saturated carbocycles. The molecule has 9 nitrogen and oxygen atoms in total.